The molecule has 0 amide bonds. The van der Waals surface area contributed by atoms with Crippen molar-refractivity contribution in [1.29, 1.82) is 0 Å². The molecule has 0 spiro atoms. The van der Waals surface area contributed by atoms with Gasteiger partial charge in [0.2, 0.25) is 0 Å². The van der Waals surface area contributed by atoms with Crippen molar-refractivity contribution in [1.82, 2.24) is 14.1 Å². The number of anilines is 4. The molecule has 70 heavy (non-hydrogen) atoms. The summed E-state index contributed by atoms with van der Waals surface area (Å²) in [7, 11) is 0. The Hall–Kier alpha value is -7.47. The second kappa shape index (κ2) is 16.9. The molecule has 0 unspecified atom stereocenters. The van der Waals surface area contributed by atoms with Gasteiger partial charge in [0.15, 0.2) is 0 Å². The van der Waals surface area contributed by atoms with Crippen LogP contribution in [0.1, 0.15) is 52.7 Å². The first-order valence-electron chi connectivity index (χ1n) is 24.1. The molecule has 2 aliphatic heterocycles. The van der Waals surface area contributed by atoms with Crippen LogP contribution < -0.4 is 19.8 Å². The van der Waals surface area contributed by atoms with E-state index in [1.807, 2.05) is 18.2 Å². The summed E-state index contributed by atoms with van der Waals surface area (Å²) in [6.45, 7) is 13.7. The van der Waals surface area contributed by atoms with Crippen molar-refractivity contribution in [2.45, 2.75) is 52.4 Å². The van der Waals surface area contributed by atoms with Crippen LogP contribution in [0.2, 0.25) is 0 Å². The van der Waals surface area contributed by atoms with Gasteiger partial charge in [-0.3, -0.25) is 0 Å². The van der Waals surface area contributed by atoms with Crippen molar-refractivity contribution >= 4 is 46.4 Å². The zero-order chi connectivity index (χ0) is 47.9. The summed E-state index contributed by atoms with van der Waals surface area (Å²) in [6, 6.07) is 74.2. The normalized spacial score (nSPS) is 13.0. The molecule has 0 atom stereocenters. The average Bonchev–Trinajstić information content (AvgIpc) is 3.88. The van der Waals surface area contributed by atoms with Gasteiger partial charge >= 0.3 is 341 Å². The van der Waals surface area contributed by atoms with Crippen LogP contribution in [0, 0.1) is 3.80 Å². The van der Waals surface area contributed by atoms with Gasteiger partial charge in [0.25, 0.3) is 0 Å². The van der Waals surface area contributed by atoms with Gasteiger partial charge in [-0.2, -0.15) is 0 Å². The molecule has 0 N–H and O–H groups in total. The molecule has 0 saturated carbocycles. The summed E-state index contributed by atoms with van der Waals surface area (Å²) < 4.78 is 12.6. The van der Waals surface area contributed by atoms with E-state index >= 15 is 0 Å². The van der Waals surface area contributed by atoms with Gasteiger partial charge in [0.05, 0.1) is 0 Å². The summed E-state index contributed by atoms with van der Waals surface area (Å²) in [6.07, 6.45) is 0. The van der Waals surface area contributed by atoms with E-state index in [-0.39, 0.29) is 17.8 Å². The molecule has 0 fully saturated rings. The van der Waals surface area contributed by atoms with E-state index < -0.39 is 0 Å². The van der Waals surface area contributed by atoms with Crippen LogP contribution >= 0.6 is 0 Å². The number of para-hydroxylation sites is 5. The van der Waals surface area contributed by atoms with Crippen LogP contribution in [-0.4, -0.2) is 21.1 Å². The van der Waals surface area contributed by atoms with Gasteiger partial charge in [-0.05, 0) is 17.7 Å². The topological polar surface area (TPSA) is 38.5 Å². The van der Waals surface area contributed by atoms with Crippen molar-refractivity contribution < 1.29 is 24.1 Å². The van der Waals surface area contributed by atoms with Gasteiger partial charge in [0.1, 0.15) is 0 Å². The average molecular weight is 1090 g/mol. The fraction of sp³-hybridized carbons (Fsp3) is 0.129. The Morgan fingerprint density at radius 2 is 1.04 bits per heavy atom. The number of benzene rings is 8. The van der Waals surface area contributed by atoms with E-state index in [1.54, 1.807) is 0 Å². The third-order valence-electron chi connectivity index (χ3n) is 13.9. The summed E-state index contributed by atoms with van der Waals surface area (Å²) in [5.74, 6) is 2.03. The maximum atomic E-state index is 6.80. The number of pyridine rings is 1. The first kappa shape index (κ1) is 43.8. The van der Waals surface area contributed by atoms with E-state index in [2.05, 4.69) is 268 Å². The molecule has 6 nitrogen and oxygen atoms in total. The fourth-order valence-electron chi connectivity index (χ4n) is 10.4. The van der Waals surface area contributed by atoms with Crippen molar-refractivity contribution in [3.63, 3.8) is 0 Å². The summed E-state index contributed by atoms with van der Waals surface area (Å²) >= 11 is 2.53. The van der Waals surface area contributed by atoms with Crippen molar-refractivity contribution in [3.8, 4) is 56.4 Å². The number of hydrogen-bond acceptors (Lipinski definition) is 4. The molecule has 8 heteroatoms. The molecule has 0 bridgehead atoms. The number of rotatable bonds is 7. The van der Waals surface area contributed by atoms with Crippen LogP contribution in [-0.2, 0) is 30.2 Å². The van der Waals surface area contributed by atoms with Crippen molar-refractivity contribution in [2.75, 3.05) is 9.62 Å². The van der Waals surface area contributed by atoms with Crippen LogP contribution in [0.15, 0.2) is 206 Å². The molecular weight excluding hydrogens is 1040 g/mol. The molecule has 10 aromatic rings. The summed E-state index contributed by atoms with van der Waals surface area (Å²) in [5.41, 5.74) is 18.7. The molecule has 344 valence electrons. The van der Waals surface area contributed by atoms with E-state index in [1.165, 1.54) is 55.7 Å². The maximum absolute atomic E-state index is 6.80. The second-order valence-electron chi connectivity index (χ2n) is 20.4. The number of hydrogen-bond donors (Lipinski definition) is 0. The molecule has 4 heterocycles. The molecule has 0 saturated heterocycles. The minimum atomic E-state index is -0.125. The van der Waals surface area contributed by atoms with Crippen LogP contribution in [0.4, 0.5) is 22.9 Å². The molecular formula is C62H52BN5OPt. The zero-order valence-corrected chi connectivity index (χ0v) is 42.4. The summed E-state index contributed by atoms with van der Waals surface area (Å²) in [5, 5.41) is 0. The Kier molecular flexibility index (Phi) is 10.6. The Labute approximate surface area is 421 Å². The number of aromatic nitrogens is 3. The summed E-state index contributed by atoms with van der Waals surface area (Å²) in [4.78, 5) is 10.1. The van der Waals surface area contributed by atoms with E-state index in [4.69, 9.17) is 9.72 Å². The first-order chi connectivity index (χ1) is 33.9. The predicted molar refractivity (Wildman–Crippen MR) is 286 cm³/mol. The quantitative estimate of drug-likeness (QED) is 0.149. The van der Waals surface area contributed by atoms with Crippen molar-refractivity contribution in [2.24, 2.45) is 0 Å². The third-order valence-corrected chi connectivity index (χ3v) is 14.9. The first-order valence-corrected chi connectivity index (χ1v) is 25.2. The SMILES string of the molecule is CC(C)(C)c1cccc(-c2cc(C(C)(C)C)cc(-c3ccccc3)c2-n2[c](=[Pt])n(-c3cccc(Oc4cccc(N5B6c7ccccc7-c7ccccc7N6c6ccccc65)n4)c3)c3ccccc32)c1. The Balaban J connectivity index is 0.980. The van der Waals surface area contributed by atoms with Crippen LogP contribution in [0.3, 0.4) is 0 Å². The molecule has 0 aliphatic carbocycles. The number of ether oxygens (including phenoxy) is 1. The molecule has 12 rings (SSSR count). The Morgan fingerprint density at radius 1 is 0.457 bits per heavy atom. The van der Waals surface area contributed by atoms with E-state index in [0.29, 0.717) is 11.6 Å². The van der Waals surface area contributed by atoms with E-state index in [9.17, 15) is 0 Å². The van der Waals surface area contributed by atoms with Crippen LogP contribution in [0.5, 0.6) is 11.6 Å². The molecule has 8 aromatic carbocycles. The number of nitrogens with zero attached hydrogens (tertiary/aromatic N) is 5. The number of imidazole rings is 1. The standard InChI is InChI=1S/C62H52BN5O.Pt/c1-61(2,3)44-24-18-23-43(37-44)51-39-45(62(4,5)6)38-50(42-21-8-7-9-22-42)60(51)66-41-65(54-31-14-15-32-55(54)66)46-25-19-26-47(40-46)69-59-36-20-35-58(64-59)68-57-34-17-16-33-56(57)67-53-30-13-11-28-49(53)48-27-10-12-29-52(48)63(67)68;/h7-40H,1-6H3;. The Morgan fingerprint density at radius 3 is 1.79 bits per heavy atom. The van der Waals surface area contributed by atoms with E-state index in [0.717, 1.165) is 43.4 Å². The molecule has 2 aromatic heterocycles. The zero-order valence-electron chi connectivity index (χ0n) is 40.2. The minimum absolute atomic E-state index is 0.0168. The monoisotopic (exact) mass is 1090 g/mol. The fourth-order valence-corrected chi connectivity index (χ4v) is 11.5. The van der Waals surface area contributed by atoms with Crippen LogP contribution in [0.25, 0.3) is 55.8 Å². The van der Waals surface area contributed by atoms with Crippen molar-refractivity contribution in [3.05, 3.63) is 221 Å². The van der Waals surface area contributed by atoms with Gasteiger partial charge in [-0.25, -0.2) is 0 Å². The molecule has 0 radical (unpaired) electrons. The van der Waals surface area contributed by atoms with Gasteiger partial charge in [0, 0.05) is 11.3 Å². The molecule has 2 aliphatic rings. The van der Waals surface area contributed by atoms with Gasteiger partial charge < -0.3 is 0 Å². The predicted octanol–water partition coefficient (Wildman–Crippen LogP) is 15.3. The second-order valence-corrected chi connectivity index (χ2v) is 21.4. The Bertz CT molecular complexity index is 3730. The number of fused-ring (bicyclic) bond motifs is 9. The third kappa shape index (κ3) is 7.38. The van der Waals surface area contributed by atoms with Gasteiger partial charge in [-0.15, -0.1) is 0 Å². The van der Waals surface area contributed by atoms with Gasteiger partial charge in [-0.1, -0.05) is 54.6 Å².